The molecule has 0 aromatic heterocycles. The van der Waals surface area contributed by atoms with Crippen LogP contribution in [0.2, 0.25) is 0 Å². The largest absolute Gasteiger partial charge is 0.379 e. The molecule has 2 rings (SSSR count). The summed E-state index contributed by atoms with van der Waals surface area (Å²) < 4.78 is 11.6. The van der Waals surface area contributed by atoms with Gasteiger partial charge in [-0.25, -0.2) is 0 Å². The third kappa shape index (κ3) is 1.33. The van der Waals surface area contributed by atoms with Crippen molar-refractivity contribution in [1.29, 1.82) is 0 Å². The van der Waals surface area contributed by atoms with Gasteiger partial charge >= 0.3 is 0 Å². The lowest BCUT2D eigenvalue weighted by Gasteiger charge is -2.31. The number of fused-ring (bicyclic) bond motifs is 2. The summed E-state index contributed by atoms with van der Waals surface area (Å²) >= 11 is 0. The summed E-state index contributed by atoms with van der Waals surface area (Å²) in [6, 6.07) is -0.213. The Kier molecular flexibility index (Phi) is 2.41. The van der Waals surface area contributed by atoms with Crippen LogP contribution in [0.15, 0.2) is 0 Å². The molecule has 2 radical (unpaired) electrons. The molecule has 0 spiro atoms. The summed E-state index contributed by atoms with van der Waals surface area (Å²) in [4.78, 5) is 0. The lowest BCUT2D eigenvalue weighted by atomic mass is 9.80. The molecule has 2 saturated heterocycles. The van der Waals surface area contributed by atoms with E-state index in [1.807, 2.05) is 0 Å². The van der Waals surface area contributed by atoms with E-state index in [2.05, 4.69) is 13.8 Å². The molecule has 3 heteroatoms. The molecule has 0 N–H and O–H groups in total. The van der Waals surface area contributed by atoms with Gasteiger partial charge in [0.05, 0.1) is 11.7 Å². The monoisotopic (exact) mass is 180 g/mol. The van der Waals surface area contributed by atoms with Crippen molar-refractivity contribution in [3.8, 4) is 0 Å². The minimum Gasteiger partial charge on any atom is -0.379 e. The van der Waals surface area contributed by atoms with E-state index in [4.69, 9.17) is 17.3 Å². The maximum Gasteiger partial charge on any atom is 0.112 e. The average molecular weight is 180 g/mol. The van der Waals surface area contributed by atoms with Crippen molar-refractivity contribution in [3.05, 3.63) is 0 Å². The first kappa shape index (κ1) is 9.54. The smallest absolute Gasteiger partial charge is 0.112 e. The summed E-state index contributed by atoms with van der Waals surface area (Å²) in [5, 5.41) is 0. The van der Waals surface area contributed by atoms with Gasteiger partial charge in [-0.3, -0.25) is 0 Å². The van der Waals surface area contributed by atoms with Crippen LogP contribution in [0.5, 0.6) is 0 Å². The third-order valence-electron chi connectivity index (χ3n) is 3.67. The van der Waals surface area contributed by atoms with E-state index in [1.54, 1.807) is 0 Å². The summed E-state index contributed by atoms with van der Waals surface area (Å²) in [5.74, 6) is 0.440. The Bertz CT molecular complexity index is 197. The van der Waals surface area contributed by atoms with Crippen molar-refractivity contribution in [3.63, 3.8) is 0 Å². The Morgan fingerprint density at radius 3 is 3.00 bits per heavy atom. The number of hydrogen-bond acceptors (Lipinski definition) is 2. The van der Waals surface area contributed by atoms with Crippen molar-refractivity contribution >= 4 is 7.85 Å². The van der Waals surface area contributed by atoms with Gasteiger partial charge in [-0.15, -0.1) is 0 Å². The second-order valence-electron chi connectivity index (χ2n) is 4.23. The standard InChI is InChI=1S/C10H17BO2/c1-3-10-5-4-6-12-8(7(10)2)9(11)13-10/h7-9H,3-6H2,1-2H3/t7?,8-,9+,10-/m0/s1. The fourth-order valence-electron chi connectivity index (χ4n) is 2.73. The van der Waals surface area contributed by atoms with E-state index in [0.29, 0.717) is 5.92 Å². The van der Waals surface area contributed by atoms with E-state index in [-0.39, 0.29) is 17.7 Å². The summed E-state index contributed by atoms with van der Waals surface area (Å²) in [5.41, 5.74) is 0.000579. The molecule has 2 fully saturated rings. The number of rotatable bonds is 1. The Morgan fingerprint density at radius 1 is 1.54 bits per heavy atom. The molecule has 0 aromatic carbocycles. The molecule has 2 bridgehead atoms. The van der Waals surface area contributed by atoms with Crippen molar-refractivity contribution < 1.29 is 9.47 Å². The van der Waals surface area contributed by atoms with E-state index >= 15 is 0 Å². The van der Waals surface area contributed by atoms with Crippen LogP contribution in [0.4, 0.5) is 0 Å². The Hall–Kier alpha value is -0.0151. The zero-order valence-corrected chi connectivity index (χ0v) is 8.45. The minimum absolute atomic E-state index is 0.000579. The van der Waals surface area contributed by atoms with Crippen LogP contribution in [-0.2, 0) is 9.47 Å². The predicted molar refractivity (Wildman–Crippen MR) is 51.8 cm³/mol. The van der Waals surface area contributed by atoms with Crippen molar-refractivity contribution in [1.82, 2.24) is 0 Å². The quantitative estimate of drug-likeness (QED) is 0.569. The van der Waals surface area contributed by atoms with Crippen LogP contribution in [0, 0.1) is 5.92 Å². The molecule has 0 aliphatic carbocycles. The second kappa shape index (κ2) is 3.28. The molecule has 72 valence electrons. The highest BCUT2D eigenvalue weighted by Gasteiger charge is 2.50. The zero-order chi connectivity index (χ0) is 9.47. The SMILES string of the molecule is [B][C@@H]1O[C@@]2(CC)CCCO[C@H]1C2C. The van der Waals surface area contributed by atoms with Gasteiger partial charge in [0.25, 0.3) is 0 Å². The minimum atomic E-state index is -0.213. The highest BCUT2D eigenvalue weighted by molar-refractivity contribution is 6.11. The van der Waals surface area contributed by atoms with Gasteiger partial charge in [0.1, 0.15) is 7.85 Å². The van der Waals surface area contributed by atoms with Crippen molar-refractivity contribution in [2.45, 2.75) is 50.8 Å². The van der Waals surface area contributed by atoms with Gasteiger partial charge in [0, 0.05) is 18.5 Å². The van der Waals surface area contributed by atoms with Crippen LogP contribution < -0.4 is 0 Å². The first-order valence-corrected chi connectivity index (χ1v) is 5.24. The fraction of sp³-hybridized carbons (Fsp3) is 1.00. The van der Waals surface area contributed by atoms with Crippen molar-refractivity contribution in [2.75, 3.05) is 6.61 Å². The normalized spacial score (nSPS) is 50.5. The average Bonchev–Trinajstić information content (AvgIpc) is 2.26. The second-order valence-corrected chi connectivity index (χ2v) is 4.23. The molecular weight excluding hydrogens is 163 g/mol. The van der Waals surface area contributed by atoms with Crippen LogP contribution in [-0.4, -0.2) is 32.2 Å². The molecule has 2 nitrogen and oxygen atoms in total. The van der Waals surface area contributed by atoms with Crippen LogP contribution in [0.3, 0.4) is 0 Å². The Morgan fingerprint density at radius 2 is 2.31 bits per heavy atom. The zero-order valence-electron chi connectivity index (χ0n) is 8.45. The van der Waals surface area contributed by atoms with Gasteiger partial charge in [-0.05, 0) is 19.3 Å². The summed E-state index contributed by atoms with van der Waals surface area (Å²) in [7, 11) is 5.89. The van der Waals surface area contributed by atoms with Gasteiger partial charge in [-0.2, -0.15) is 0 Å². The van der Waals surface area contributed by atoms with E-state index in [1.165, 1.54) is 0 Å². The van der Waals surface area contributed by atoms with E-state index in [0.717, 1.165) is 25.9 Å². The molecule has 0 saturated carbocycles. The van der Waals surface area contributed by atoms with Crippen molar-refractivity contribution in [2.24, 2.45) is 5.92 Å². The molecule has 4 atom stereocenters. The van der Waals surface area contributed by atoms with E-state index in [9.17, 15) is 0 Å². The maximum absolute atomic E-state index is 5.89. The first-order valence-electron chi connectivity index (χ1n) is 5.24. The number of ether oxygens (including phenoxy) is 2. The molecule has 2 aliphatic heterocycles. The highest BCUT2D eigenvalue weighted by atomic mass is 16.6. The van der Waals surface area contributed by atoms with Gasteiger partial charge in [0.15, 0.2) is 0 Å². The number of hydrogen-bond donors (Lipinski definition) is 0. The first-order chi connectivity index (χ1) is 6.19. The van der Waals surface area contributed by atoms with E-state index < -0.39 is 0 Å². The van der Waals surface area contributed by atoms with Crippen LogP contribution in [0.1, 0.15) is 33.1 Å². The van der Waals surface area contributed by atoms with Crippen LogP contribution in [0.25, 0.3) is 0 Å². The van der Waals surface area contributed by atoms with Gasteiger partial charge in [-0.1, -0.05) is 13.8 Å². The molecule has 13 heavy (non-hydrogen) atoms. The predicted octanol–water partition coefficient (Wildman–Crippen LogP) is 1.48. The summed E-state index contributed by atoms with van der Waals surface area (Å²) in [6.07, 6.45) is 3.35. The van der Waals surface area contributed by atoms with Gasteiger partial charge in [0.2, 0.25) is 0 Å². The Balaban J connectivity index is 2.24. The molecule has 2 heterocycles. The fourth-order valence-corrected chi connectivity index (χ4v) is 2.73. The molecule has 0 aromatic rings. The molecule has 2 aliphatic rings. The lowest BCUT2D eigenvalue weighted by molar-refractivity contribution is -0.0562. The van der Waals surface area contributed by atoms with Gasteiger partial charge < -0.3 is 9.47 Å². The maximum atomic E-state index is 5.89. The van der Waals surface area contributed by atoms with Crippen LogP contribution >= 0.6 is 0 Å². The third-order valence-corrected chi connectivity index (χ3v) is 3.67. The molecular formula is C10H17BO2. The molecule has 1 unspecified atom stereocenters. The Labute approximate surface area is 81.4 Å². The topological polar surface area (TPSA) is 18.5 Å². The lowest BCUT2D eigenvalue weighted by Crippen LogP contribution is -2.34. The molecule has 0 amide bonds. The summed E-state index contributed by atoms with van der Waals surface area (Å²) in [6.45, 7) is 5.22. The highest BCUT2D eigenvalue weighted by Crippen LogP contribution is 2.44.